The lowest BCUT2D eigenvalue weighted by Crippen LogP contribution is -1.97. The molecule has 0 amide bonds. The van der Waals surface area contributed by atoms with E-state index in [1.807, 2.05) is 0 Å². The van der Waals surface area contributed by atoms with Gasteiger partial charge in [-0.3, -0.25) is 4.79 Å². The van der Waals surface area contributed by atoms with Crippen LogP contribution in [0.1, 0.15) is 26.3 Å². The molecule has 0 aliphatic carbocycles. The van der Waals surface area contributed by atoms with Gasteiger partial charge in [-0.25, -0.2) is 4.79 Å². The molecule has 0 fully saturated rings. The van der Waals surface area contributed by atoms with Crippen LogP contribution in [0.15, 0.2) is 54.6 Å². The Morgan fingerprint density at radius 2 is 1.71 bits per heavy atom. The van der Waals surface area contributed by atoms with Gasteiger partial charge >= 0.3 is 5.97 Å². The second kappa shape index (κ2) is 5.25. The molecule has 0 bridgehead atoms. The minimum Gasteiger partial charge on any atom is -0.497 e. The predicted molar refractivity (Wildman–Crippen MR) is 77.2 cm³/mol. The second-order valence-electron chi connectivity index (χ2n) is 4.54. The van der Waals surface area contributed by atoms with Crippen molar-refractivity contribution in [3.8, 4) is 5.75 Å². The summed E-state index contributed by atoms with van der Waals surface area (Å²) in [5.41, 5.74) is 1.62. The average Bonchev–Trinajstić information content (AvgIpc) is 2.84. The van der Waals surface area contributed by atoms with E-state index >= 15 is 0 Å². The van der Waals surface area contributed by atoms with Crippen molar-refractivity contribution in [2.75, 3.05) is 7.11 Å². The van der Waals surface area contributed by atoms with E-state index in [0.29, 0.717) is 22.4 Å². The van der Waals surface area contributed by atoms with Crippen LogP contribution in [0.4, 0.5) is 0 Å². The molecule has 0 saturated carbocycles. The Kier molecular flexibility index (Phi) is 3.28. The van der Waals surface area contributed by atoms with Crippen LogP contribution in [0, 0.1) is 0 Å². The molecule has 3 rings (SSSR count). The topological polar surface area (TPSA) is 52.6 Å². The van der Waals surface area contributed by atoms with Gasteiger partial charge < -0.3 is 9.47 Å². The fraction of sp³-hybridized carbons (Fsp3) is 0.0588. The third-order valence-electron chi connectivity index (χ3n) is 3.25. The third kappa shape index (κ3) is 2.43. The molecule has 104 valence electrons. The number of esters is 1. The number of benzene rings is 2. The fourth-order valence-electron chi connectivity index (χ4n) is 2.15. The number of ketones is 1. The van der Waals surface area contributed by atoms with Crippen molar-refractivity contribution in [1.29, 1.82) is 0 Å². The first-order chi connectivity index (χ1) is 10.2. The van der Waals surface area contributed by atoms with E-state index in [-0.39, 0.29) is 11.5 Å². The average molecular weight is 280 g/mol. The summed E-state index contributed by atoms with van der Waals surface area (Å²) >= 11 is 0. The zero-order chi connectivity index (χ0) is 14.8. The summed E-state index contributed by atoms with van der Waals surface area (Å²) in [4.78, 5) is 23.9. The van der Waals surface area contributed by atoms with Crippen molar-refractivity contribution in [2.45, 2.75) is 0 Å². The molecule has 2 aromatic rings. The van der Waals surface area contributed by atoms with Gasteiger partial charge in [-0.15, -0.1) is 0 Å². The minimum atomic E-state index is -0.431. The first-order valence-electron chi connectivity index (χ1n) is 6.40. The normalized spacial score (nSPS) is 14.7. The molecule has 0 aromatic heterocycles. The quantitative estimate of drug-likeness (QED) is 0.492. The number of allylic oxidation sites excluding steroid dienone is 1. The van der Waals surface area contributed by atoms with E-state index in [2.05, 4.69) is 0 Å². The van der Waals surface area contributed by atoms with Gasteiger partial charge in [0, 0.05) is 17.2 Å². The number of fused-ring (bicyclic) bond motifs is 1. The highest BCUT2D eigenvalue weighted by Crippen LogP contribution is 2.29. The number of carbonyl (C=O) groups excluding carboxylic acids is 2. The van der Waals surface area contributed by atoms with Crippen molar-refractivity contribution >= 4 is 17.5 Å². The molecule has 0 saturated heterocycles. The van der Waals surface area contributed by atoms with Crippen LogP contribution >= 0.6 is 0 Å². The van der Waals surface area contributed by atoms with E-state index < -0.39 is 5.97 Å². The van der Waals surface area contributed by atoms with Gasteiger partial charge in [0.25, 0.3) is 0 Å². The molecular weight excluding hydrogens is 268 g/mol. The molecule has 4 nitrogen and oxygen atoms in total. The molecule has 1 aliphatic rings. The van der Waals surface area contributed by atoms with Crippen molar-refractivity contribution in [3.63, 3.8) is 0 Å². The molecule has 0 N–H and O–H groups in total. The third-order valence-corrected chi connectivity index (χ3v) is 3.25. The van der Waals surface area contributed by atoms with Crippen molar-refractivity contribution in [1.82, 2.24) is 0 Å². The molecule has 0 spiro atoms. The van der Waals surface area contributed by atoms with Crippen molar-refractivity contribution in [2.24, 2.45) is 0 Å². The SMILES string of the molecule is COc1ccc(C(=O)/C=C2/OC(=O)c3ccccc32)cc1. The maximum Gasteiger partial charge on any atom is 0.344 e. The van der Waals surface area contributed by atoms with Crippen molar-refractivity contribution in [3.05, 3.63) is 71.3 Å². The van der Waals surface area contributed by atoms with E-state index in [0.717, 1.165) is 0 Å². The lowest BCUT2D eigenvalue weighted by Gasteiger charge is -2.01. The Labute approximate surface area is 121 Å². The number of cyclic esters (lactones) is 1. The number of carbonyl (C=O) groups is 2. The lowest BCUT2D eigenvalue weighted by atomic mass is 10.1. The first kappa shape index (κ1) is 13.1. The standard InChI is InChI=1S/C17H12O4/c1-20-12-8-6-11(7-9-12)15(18)10-16-13-4-2-3-5-14(13)17(19)21-16/h2-10H,1H3/b16-10+. The first-order valence-corrected chi connectivity index (χ1v) is 6.40. The van der Waals surface area contributed by atoms with Gasteiger partial charge in [0.15, 0.2) is 5.78 Å². The van der Waals surface area contributed by atoms with E-state index in [1.165, 1.54) is 6.08 Å². The number of rotatable bonds is 3. The highest BCUT2D eigenvalue weighted by atomic mass is 16.5. The van der Waals surface area contributed by atoms with Crippen LogP contribution in [0.3, 0.4) is 0 Å². The zero-order valence-electron chi connectivity index (χ0n) is 11.3. The highest BCUT2D eigenvalue weighted by Gasteiger charge is 2.26. The summed E-state index contributed by atoms with van der Waals surface area (Å²) in [5.74, 6) is 0.310. The molecule has 0 atom stereocenters. The fourth-order valence-corrected chi connectivity index (χ4v) is 2.15. The van der Waals surface area contributed by atoms with E-state index in [9.17, 15) is 9.59 Å². The molecule has 0 radical (unpaired) electrons. The number of ether oxygens (including phenoxy) is 2. The number of methoxy groups -OCH3 is 1. The summed E-state index contributed by atoms with van der Waals surface area (Å²) in [7, 11) is 1.56. The van der Waals surface area contributed by atoms with Gasteiger partial charge in [-0.1, -0.05) is 18.2 Å². The maximum atomic E-state index is 12.2. The number of hydrogen-bond donors (Lipinski definition) is 0. The predicted octanol–water partition coefficient (Wildman–Crippen LogP) is 3.09. The summed E-state index contributed by atoms with van der Waals surface area (Å²) in [6.45, 7) is 0. The minimum absolute atomic E-state index is 0.225. The van der Waals surface area contributed by atoms with Gasteiger partial charge in [-0.2, -0.15) is 0 Å². The monoisotopic (exact) mass is 280 g/mol. The Bertz CT molecular complexity index is 742. The molecule has 21 heavy (non-hydrogen) atoms. The van der Waals surface area contributed by atoms with Crippen LogP contribution in [-0.4, -0.2) is 18.9 Å². The van der Waals surface area contributed by atoms with Gasteiger partial charge in [0.05, 0.1) is 12.7 Å². The summed E-state index contributed by atoms with van der Waals surface area (Å²) in [6.07, 6.45) is 1.34. The number of hydrogen-bond acceptors (Lipinski definition) is 4. The van der Waals surface area contributed by atoms with Gasteiger partial charge in [-0.05, 0) is 30.3 Å². The smallest absolute Gasteiger partial charge is 0.344 e. The molecular formula is C17H12O4. The Balaban J connectivity index is 1.92. The Hall–Kier alpha value is -2.88. The Morgan fingerprint density at radius 1 is 1.05 bits per heavy atom. The van der Waals surface area contributed by atoms with Crippen LogP contribution in [-0.2, 0) is 4.74 Å². The second-order valence-corrected chi connectivity index (χ2v) is 4.54. The summed E-state index contributed by atoms with van der Waals surface area (Å²) < 4.78 is 10.2. The Morgan fingerprint density at radius 3 is 2.38 bits per heavy atom. The molecule has 0 unspecified atom stereocenters. The highest BCUT2D eigenvalue weighted by molar-refractivity contribution is 6.12. The van der Waals surface area contributed by atoms with Crippen molar-refractivity contribution < 1.29 is 19.1 Å². The zero-order valence-corrected chi connectivity index (χ0v) is 11.3. The summed E-state index contributed by atoms with van der Waals surface area (Å²) in [6, 6.07) is 13.7. The van der Waals surface area contributed by atoms with Crippen LogP contribution in [0.2, 0.25) is 0 Å². The van der Waals surface area contributed by atoms with E-state index in [4.69, 9.17) is 9.47 Å². The maximum absolute atomic E-state index is 12.2. The summed E-state index contributed by atoms with van der Waals surface area (Å²) in [5, 5.41) is 0. The largest absolute Gasteiger partial charge is 0.497 e. The molecule has 1 aliphatic heterocycles. The van der Waals surface area contributed by atoms with E-state index in [1.54, 1.807) is 55.6 Å². The van der Waals surface area contributed by atoms with Crippen LogP contribution in [0.5, 0.6) is 5.75 Å². The van der Waals surface area contributed by atoms with Crippen LogP contribution < -0.4 is 4.74 Å². The molecule has 1 heterocycles. The van der Waals surface area contributed by atoms with Crippen LogP contribution in [0.25, 0.3) is 5.76 Å². The molecule has 4 heteroatoms. The van der Waals surface area contributed by atoms with Gasteiger partial charge in [0.2, 0.25) is 0 Å². The van der Waals surface area contributed by atoms with Gasteiger partial charge in [0.1, 0.15) is 11.5 Å². The molecule has 2 aromatic carbocycles. The lowest BCUT2D eigenvalue weighted by molar-refractivity contribution is 0.0715.